The molecule has 0 radical (unpaired) electrons. The van der Waals surface area contributed by atoms with Crippen LogP contribution in [0.25, 0.3) is 0 Å². The molecule has 0 saturated carbocycles. The third-order valence-corrected chi connectivity index (χ3v) is 1.10. The maximum absolute atomic E-state index is 10.8. The lowest BCUT2D eigenvalue weighted by Gasteiger charge is -2.10. The second kappa shape index (κ2) is 2.96. The number of hydrazine groups is 1. The van der Waals surface area contributed by atoms with E-state index in [9.17, 15) is 9.59 Å². The average molecular weight is 153 g/mol. The second-order valence-electron chi connectivity index (χ2n) is 1.89. The third-order valence-electron chi connectivity index (χ3n) is 1.10. The summed E-state index contributed by atoms with van der Waals surface area (Å²) in [5, 5.41) is 4.48. The fraction of sp³-hybridized carbons (Fsp3) is 0.167. The molecule has 0 aromatic heterocycles. The van der Waals surface area contributed by atoms with Crippen molar-refractivity contribution in [2.24, 2.45) is 5.10 Å². The van der Waals surface area contributed by atoms with Crippen molar-refractivity contribution in [3.63, 3.8) is 0 Å². The highest BCUT2D eigenvalue weighted by Gasteiger charge is 2.17. The summed E-state index contributed by atoms with van der Waals surface area (Å²) in [6.07, 6.45) is 2.73. The minimum Gasteiger partial charge on any atom is -0.271 e. The van der Waals surface area contributed by atoms with Crippen LogP contribution in [-0.4, -0.2) is 23.1 Å². The van der Waals surface area contributed by atoms with Gasteiger partial charge in [-0.25, -0.2) is 5.43 Å². The van der Waals surface area contributed by atoms with E-state index in [1.54, 1.807) is 0 Å². The predicted octanol–water partition coefficient (Wildman–Crippen LogP) is -0.578. The van der Waals surface area contributed by atoms with E-state index in [0.717, 1.165) is 11.2 Å². The second-order valence-corrected chi connectivity index (χ2v) is 1.89. The molecule has 5 heteroatoms. The molecule has 0 saturated heterocycles. The van der Waals surface area contributed by atoms with E-state index in [0.29, 0.717) is 0 Å². The number of carbonyl (C=O) groups excluding carboxylic acids is 2. The molecule has 0 spiro atoms. The molecule has 0 aromatic rings. The van der Waals surface area contributed by atoms with Gasteiger partial charge < -0.3 is 0 Å². The van der Waals surface area contributed by atoms with E-state index in [-0.39, 0.29) is 12.3 Å². The molecule has 0 fully saturated rings. The van der Waals surface area contributed by atoms with Gasteiger partial charge in [0, 0.05) is 6.21 Å². The molecule has 0 bridgehead atoms. The zero-order chi connectivity index (χ0) is 8.27. The van der Waals surface area contributed by atoms with Gasteiger partial charge in [-0.1, -0.05) is 6.58 Å². The van der Waals surface area contributed by atoms with E-state index >= 15 is 0 Å². The molecular weight excluding hydrogens is 146 g/mol. The SMILES string of the molecule is C=CC(=O)NN1N=CCC1=O. The van der Waals surface area contributed by atoms with Crippen LogP contribution in [0, 0.1) is 0 Å². The Hall–Kier alpha value is -1.65. The first kappa shape index (κ1) is 7.46. The van der Waals surface area contributed by atoms with Gasteiger partial charge in [0.2, 0.25) is 0 Å². The molecule has 0 unspecified atom stereocenters. The number of hydrogen-bond donors (Lipinski definition) is 1. The quantitative estimate of drug-likeness (QED) is 0.539. The van der Waals surface area contributed by atoms with Gasteiger partial charge in [0.05, 0.1) is 6.42 Å². The highest BCUT2D eigenvalue weighted by molar-refractivity contribution is 5.96. The fourth-order valence-electron chi connectivity index (χ4n) is 0.593. The molecule has 1 heterocycles. The summed E-state index contributed by atoms with van der Waals surface area (Å²) in [7, 11) is 0. The van der Waals surface area contributed by atoms with Gasteiger partial charge in [0.15, 0.2) is 0 Å². The number of carbonyl (C=O) groups is 2. The van der Waals surface area contributed by atoms with Crippen LogP contribution in [0.4, 0.5) is 0 Å². The van der Waals surface area contributed by atoms with Crippen LogP contribution in [0.5, 0.6) is 0 Å². The fourth-order valence-corrected chi connectivity index (χ4v) is 0.593. The van der Waals surface area contributed by atoms with Crippen molar-refractivity contribution < 1.29 is 9.59 Å². The summed E-state index contributed by atoms with van der Waals surface area (Å²) in [6, 6.07) is 0. The Morgan fingerprint density at radius 2 is 2.64 bits per heavy atom. The Morgan fingerprint density at radius 3 is 3.09 bits per heavy atom. The molecule has 1 aliphatic rings. The molecular formula is C6H7N3O2. The lowest BCUT2D eigenvalue weighted by molar-refractivity contribution is -0.137. The predicted molar refractivity (Wildman–Crippen MR) is 38.3 cm³/mol. The van der Waals surface area contributed by atoms with Crippen molar-refractivity contribution in [1.29, 1.82) is 0 Å². The Morgan fingerprint density at radius 1 is 1.91 bits per heavy atom. The van der Waals surface area contributed by atoms with Crippen LogP contribution < -0.4 is 5.43 Å². The van der Waals surface area contributed by atoms with Gasteiger partial charge in [0.25, 0.3) is 11.8 Å². The number of rotatable bonds is 2. The highest BCUT2D eigenvalue weighted by Crippen LogP contribution is 1.96. The topological polar surface area (TPSA) is 61.8 Å². The van der Waals surface area contributed by atoms with Crippen molar-refractivity contribution in [3.8, 4) is 0 Å². The molecule has 0 aromatic carbocycles. The van der Waals surface area contributed by atoms with Crippen LogP contribution in [0.1, 0.15) is 6.42 Å². The van der Waals surface area contributed by atoms with Crippen molar-refractivity contribution >= 4 is 18.0 Å². The number of nitrogens with zero attached hydrogens (tertiary/aromatic N) is 2. The molecule has 1 N–H and O–H groups in total. The lowest BCUT2D eigenvalue weighted by atomic mass is 10.5. The van der Waals surface area contributed by atoms with Gasteiger partial charge in [-0.15, -0.1) is 5.12 Å². The maximum Gasteiger partial charge on any atom is 0.267 e. The maximum atomic E-state index is 10.8. The van der Waals surface area contributed by atoms with Gasteiger partial charge in [-0.05, 0) is 6.08 Å². The van der Waals surface area contributed by atoms with E-state index < -0.39 is 5.91 Å². The van der Waals surface area contributed by atoms with Crippen LogP contribution in [-0.2, 0) is 9.59 Å². The number of hydrogen-bond acceptors (Lipinski definition) is 3. The number of nitrogens with one attached hydrogen (secondary N) is 1. The summed E-state index contributed by atoms with van der Waals surface area (Å²) in [5.74, 6) is -0.697. The van der Waals surface area contributed by atoms with Gasteiger partial charge in [-0.2, -0.15) is 5.10 Å². The minimum absolute atomic E-state index is 0.234. The molecule has 0 atom stereocenters. The Bertz CT molecular complexity index is 234. The number of hydrazone groups is 1. The van der Waals surface area contributed by atoms with Crippen LogP contribution in [0.15, 0.2) is 17.8 Å². The smallest absolute Gasteiger partial charge is 0.267 e. The largest absolute Gasteiger partial charge is 0.271 e. The zero-order valence-corrected chi connectivity index (χ0v) is 5.78. The minimum atomic E-state index is -0.447. The molecule has 2 amide bonds. The summed E-state index contributed by atoms with van der Waals surface area (Å²) in [4.78, 5) is 21.4. The Labute approximate surface area is 63.3 Å². The van der Waals surface area contributed by atoms with E-state index in [4.69, 9.17) is 0 Å². The van der Waals surface area contributed by atoms with Crippen LogP contribution in [0.2, 0.25) is 0 Å². The highest BCUT2D eigenvalue weighted by atomic mass is 16.2. The monoisotopic (exact) mass is 153 g/mol. The van der Waals surface area contributed by atoms with Crippen molar-refractivity contribution in [2.75, 3.05) is 0 Å². The van der Waals surface area contributed by atoms with Crippen molar-refractivity contribution in [3.05, 3.63) is 12.7 Å². The summed E-state index contributed by atoms with van der Waals surface area (Å²) < 4.78 is 0. The van der Waals surface area contributed by atoms with Crippen LogP contribution in [0.3, 0.4) is 0 Å². The Kier molecular flexibility index (Phi) is 2.00. The number of amides is 2. The zero-order valence-electron chi connectivity index (χ0n) is 5.78. The van der Waals surface area contributed by atoms with Gasteiger partial charge in [-0.3, -0.25) is 9.59 Å². The average Bonchev–Trinajstić information content (AvgIpc) is 2.37. The molecule has 0 aliphatic carbocycles. The van der Waals surface area contributed by atoms with E-state index in [1.807, 2.05) is 0 Å². The molecule has 1 aliphatic heterocycles. The third kappa shape index (κ3) is 1.64. The van der Waals surface area contributed by atoms with E-state index in [1.165, 1.54) is 6.21 Å². The summed E-state index contributed by atoms with van der Waals surface area (Å²) >= 11 is 0. The molecule has 1 rings (SSSR count). The normalized spacial score (nSPS) is 15.3. The first-order valence-corrected chi connectivity index (χ1v) is 3.02. The molecule has 11 heavy (non-hydrogen) atoms. The van der Waals surface area contributed by atoms with E-state index in [2.05, 4.69) is 17.1 Å². The standard InChI is InChI=1S/C6H7N3O2/c1-2-5(10)8-9-6(11)3-4-7-9/h2,4H,1,3H2,(H,8,10). The summed E-state index contributed by atoms with van der Waals surface area (Å²) in [6.45, 7) is 3.23. The van der Waals surface area contributed by atoms with Gasteiger partial charge >= 0.3 is 0 Å². The first-order chi connectivity index (χ1) is 5.24. The van der Waals surface area contributed by atoms with Gasteiger partial charge in [0.1, 0.15) is 0 Å². The summed E-state index contributed by atoms with van der Waals surface area (Å²) in [5.41, 5.74) is 2.21. The Balaban J connectivity index is 2.49. The van der Waals surface area contributed by atoms with Crippen LogP contribution >= 0.6 is 0 Å². The van der Waals surface area contributed by atoms with Crippen molar-refractivity contribution in [1.82, 2.24) is 10.5 Å². The van der Waals surface area contributed by atoms with Crippen molar-refractivity contribution in [2.45, 2.75) is 6.42 Å². The lowest BCUT2D eigenvalue weighted by Crippen LogP contribution is -2.39. The molecule has 58 valence electrons. The first-order valence-electron chi connectivity index (χ1n) is 3.02. The molecule has 5 nitrogen and oxygen atoms in total.